The van der Waals surface area contributed by atoms with Gasteiger partial charge < -0.3 is 10.4 Å². The molecule has 0 bridgehead atoms. The largest absolute Gasteiger partial charge is 0.394 e. The smallest absolute Gasteiger partial charge is 0.391 e. The van der Waals surface area contributed by atoms with Crippen LogP contribution in [0.15, 0.2) is 22.8 Å². The van der Waals surface area contributed by atoms with E-state index in [1.807, 2.05) is 0 Å². The van der Waals surface area contributed by atoms with Crippen LogP contribution >= 0.6 is 15.9 Å². The fourth-order valence-electron chi connectivity index (χ4n) is 1.11. The van der Waals surface area contributed by atoms with Gasteiger partial charge in [0.1, 0.15) is 5.82 Å². The molecule has 0 spiro atoms. The van der Waals surface area contributed by atoms with Crippen molar-refractivity contribution in [2.24, 2.45) is 0 Å². The third-order valence-corrected chi connectivity index (χ3v) is 2.25. The number of nitrogens with one attached hydrogen (secondary N) is 1. The van der Waals surface area contributed by atoms with Gasteiger partial charge in [0, 0.05) is 10.7 Å². The lowest BCUT2D eigenvalue weighted by Gasteiger charge is -2.18. The van der Waals surface area contributed by atoms with Crippen LogP contribution in [0.3, 0.4) is 0 Å². The SMILES string of the molecule is OC[C@@H](CC(F)(F)F)Nc1ccc(Br)cn1. The average molecular weight is 299 g/mol. The molecule has 0 aliphatic carbocycles. The number of pyridine rings is 1. The molecule has 0 unspecified atom stereocenters. The molecular weight excluding hydrogens is 289 g/mol. The minimum absolute atomic E-state index is 0.298. The molecule has 1 rings (SSSR count). The first kappa shape index (κ1) is 13.2. The summed E-state index contributed by atoms with van der Waals surface area (Å²) in [5, 5.41) is 11.3. The molecule has 1 heterocycles. The first-order valence-corrected chi connectivity index (χ1v) is 5.26. The first-order valence-electron chi connectivity index (χ1n) is 4.46. The molecule has 1 aromatic heterocycles. The number of hydrogen-bond donors (Lipinski definition) is 2. The number of rotatable bonds is 4. The predicted molar refractivity (Wildman–Crippen MR) is 57.1 cm³/mol. The second-order valence-electron chi connectivity index (χ2n) is 3.20. The molecule has 2 N–H and O–H groups in total. The van der Waals surface area contributed by atoms with Gasteiger partial charge in [0.05, 0.1) is 19.1 Å². The summed E-state index contributed by atoms with van der Waals surface area (Å²) in [5.74, 6) is 0.298. The molecule has 0 saturated heterocycles. The zero-order valence-electron chi connectivity index (χ0n) is 8.13. The van der Waals surface area contributed by atoms with Crippen LogP contribution in [0.1, 0.15) is 6.42 Å². The Morgan fingerprint density at radius 1 is 1.44 bits per heavy atom. The molecular formula is C9H10BrF3N2O. The van der Waals surface area contributed by atoms with E-state index in [9.17, 15) is 13.2 Å². The van der Waals surface area contributed by atoms with E-state index >= 15 is 0 Å². The lowest BCUT2D eigenvalue weighted by atomic mass is 10.2. The van der Waals surface area contributed by atoms with Crippen molar-refractivity contribution in [3.05, 3.63) is 22.8 Å². The second kappa shape index (κ2) is 5.49. The number of aliphatic hydroxyl groups is 1. The molecule has 0 fully saturated rings. The number of aromatic nitrogens is 1. The lowest BCUT2D eigenvalue weighted by molar-refractivity contribution is -0.138. The highest BCUT2D eigenvalue weighted by atomic mass is 79.9. The van der Waals surface area contributed by atoms with Gasteiger partial charge in [0.15, 0.2) is 0 Å². The van der Waals surface area contributed by atoms with Gasteiger partial charge in [-0.2, -0.15) is 13.2 Å². The molecule has 0 aliphatic heterocycles. The normalized spacial score (nSPS) is 13.6. The second-order valence-corrected chi connectivity index (χ2v) is 4.12. The van der Waals surface area contributed by atoms with E-state index in [0.29, 0.717) is 5.82 Å². The summed E-state index contributed by atoms with van der Waals surface area (Å²) < 4.78 is 37.0. The molecule has 1 aromatic rings. The zero-order chi connectivity index (χ0) is 12.2. The minimum atomic E-state index is -4.31. The van der Waals surface area contributed by atoms with Crippen molar-refractivity contribution >= 4 is 21.7 Å². The minimum Gasteiger partial charge on any atom is -0.394 e. The lowest BCUT2D eigenvalue weighted by Crippen LogP contribution is -2.30. The predicted octanol–water partition coefficient (Wildman–Crippen LogP) is 2.57. The molecule has 3 nitrogen and oxygen atoms in total. The quantitative estimate of drug-likeness (QED) is 0.898. The van der Waals surface area contributed by atoms with Crippen molar-refractivity contribution in [3.8, 4) is 0 Å². The Kier molecular flexibility index (Phi) is 4.55. The Morgan fingerprint density at radius 2 is 2.12 bits per heavy atom. The van der Waals surface area contributed by atoms with Crippen molar-refractivity contribution in [1.29, 1.82) is 0 Å². The van der Waals surface area contributed by atoms with E-state index < -0.39 is 25.2 Å². The molecule has 1 atom stereocenters. The molecule has 0 aliphatic rings. The zero-order valence-corrected chi connectivity index (χ0v) is 9.72. The van der Waals surface area contributed by atoms with Crippen molar-refractivity contribution in [1.82, 2.24) is 4.98 Å². The van der Waals surface area contributed by atoms with Crippen LogP contribution in [-0.2, 0) is 0 Å². The molecule has 0 aromatic carbocycles. The summed E-state index contributed by atoms with van der Waals surface area (Å²) in [6.07, 6.45) is -3.94. The Labute approximate surface area is 98.8 Å². The van der Waals surface area contributed by atoms with Gasteiger partial charge in [0.2, 0.25) is 0 Å². The maximum atomic E-state index is 12.1. The van der Waals surface area contributed by atoms with Crippen LogP contribution in [-0.4, -0.2) is 28.9 Å². The highest BCUT2D eigenvalue weighted by Gasteiger charge is 2.31. The first-order chi connectivity index (χ1) is 7.40. The Morgan fingerprint density at radius 3 is 2.56 bits per heavy atom. The van der Waals surface area contributed by atoms with Crippen LogP contribution < -0.4 is 5.32 Å². The third-order valence-electron chi connectivity index (χ3n) is 1.78. The Balaban J connectivity index is 2.60. The molecule has 7 heteroatoms. The monoisotopic (exact) mass is 298 g/mol. The van der Waals surface area contributed by atoms with Gasteiger partial charge in [0.25, 0.3) is 0 Å². The Hall–Kier alpha value is -0.820. The fourth-order valence-corrected chi connectivity index (χ4v) is 1.35. The van der Waals surface area contributed by atoms with Crippen molar-refractivity contribution in [3.63, 3.8) is 0 Å². The number of nitrogens with zero attached hydrogens (tertiary/aromatic N) is 1. The number of hydrogen-bond acceptors (Lipinski definition) is 3. The summed E-state index contributed by atoms with van der Waals surface area (Å²) in [4.78, 5) is 3.86. The van der Waals surface area contributed by atoms with E-state index in [2.05, 4.69) is 26.2 Å². The number of aliphatic hydroxyl groups excluding tert-OH is 1. The maximum Gasteiger partial charge on any atom is 0.391 e. The van der Waals surface area contributed by atoms with Crippen LogP contribution in [0, 0.1) is 0 Å². The highest BCUT2D eigenvalue weighted by Crippen LogP contribution is 2.23. The third kappa shape index (κ3) is 4.80. The summed E-state index contributed by atoms with van der Waals surface area (Å²) in [6.45, 7) is -0.600. The summed E-state index contributed by atoms with van der Waals surface area (Å²) in [5.41, 5.74) is 0. The molecule has 16 heavy (non-hydrogen) atoms. The highest BCUT2D eigenvalue weighted by molar-refractivity contribution is 9.10. The van der Waals surface area contributed by atoms with E-state index in [0.717, 1.165) is 4.47 Å². The van der Waals surface area contributed by atoms with Gasteiger partial charge in [-0.1, -0.05) is 0 Å². The van der Waals surface area contributed by atoms with Crippen LogP contribution in [0.5, 0.6) is 0 Å². The van der Waals surface area contributed by atoms with Crippen molar-refractivity contribution < 1.29 is 18.3 Å². The van der Waals surface area contributed by atoms with Gasteiger partial charge in [-0.25, -0.2) is 4.98 Å². The molecule has 0 amide bonds. The van der Waals surface area contributed by atoms with Crippen LogP contribution in [0.4, 0.5) is 19.0 Å². The number of alkyl halides is 3. The van der Waals surface area contributed by atoms with E-state index in [4.69, 9.17) is 5.11 Å². The maximum absolute atomic E-state index is 12.1. The van der Waals surface area contributed by atoms with E-state index in [-0.39, 0.29) is 0 Å². The topological polar surface area (TPSA) is 45.1 Å². The molecule has 90 valence electrons. The van der Waals surface area contributed by atoms with Crippen LogP contribution in [0.2, 0.25) is 0 Å². The van der Waals surface area contributed by atoms with Crippen molar-refractivity contribution in [2.75, 3.05) is 11.9 Å². The van der Waals surface area contributed by atoms with Gasteiger partial charge in [-0.05, 0) is 28.1 Å². The molecule has 0 saturated carbocycles. The summed E-state index contributed by atoms with van der Waals surface area (Å²) >= 11 is 3.16. The molecule has 0 radical (unpaired) electrons. The number of halogens is 4. The number of anilines is 1. The van der Waals surface area contributed by atoms with Crippen LogP contribution in [0.25, 0.3) is 0 Å². The average Bonchev–Trinajstić information content (AvgIpc) is 2.18. The Bertz CT molecular complexity index is 329. The standard InChI is InChI=1S/C9H10BrF3N2O/c10-6-1-2-8(14-4-6)15-7(5-16)3-9(11,12)13/h1-2,4,7,16H,3,5H2,(H,14,15)/t7-/m1/s1. The fraction of sp³-hybridized carbons (Fsp3) is 0.444. The van der Waals surface area contributed by atoms with E-state index in [1.54, 1.807) is 6.07 Å². The van der Waals surface area contributed by atoms with Gasteiger partial charge in [-0.15, -0.1) is 0 Å². The van der Waals surface area contributed by atoms with Gasteiger partial charge >= 0.3 is 6.18 Å². The van der Waals surface area contributed by atoms with Crippen molar-refractivity contribution in [2.45, 2.75) is 18.6 Å². The van der Waals surface area contributed by atoms with Gasteiger partial charge in [-0.3, -0.25) is 0 Å². The summed E-state index contributed by atoms with van der Waals surface area (Å²) in [6, 6.07) is 2.11. The van der Waals surface area contributed by atoms with E-state index in [1.165, 1.54) is 12.3 Å². The summed E-state index contributed by atoms with van der Waals surface area (Å²) in [7, 11) is 0.